The first-order valence-electron chi connectivity index (χ1n) is 6.96. The van der Waals surface area contributed by atoms with Crippen molar-refractivity contribution in [3.63, 3.8) is 0 Å². The molecule has 0 saturated heterocycles. The Morgan fingerprint density at radius 2 is 2.05 bits per heavy atom. The van der Waals surface area contributed by atoms with Gasteiger partial charge in [0.15, 0.2) is 0 Å². The third-order valence-electron chi connectivity index (χ3n) is 3.97. The predicted molar refractivity (Wildman–Crippen MR) is 87.0 cm³/mol. The summed E-state index contributed by atoms with van der Waals surface area (Å²) < 4.78 is 1.19. The fourth-order valence-electron chi connectivity index (χ4n) is 2.16. The second-order valence-corrected chi connectivity index (χ2v) is 7.24. The topological polar surface area (TPSA) is 37.8 Å². The molecule has 106 valence electrons. The maximum absolute atomic E-state index is 4.64. The maximum Gasteiger partial charge on any atom is 0.135 e. The number of anilines is 1. The van der Waals surface area contributed by atoms with Gasteiger partial charge in [0.2, 0.25) is 0 Å². The van der Waals surface area contributed by atoms with Gasteiger partial charge in [-0.3, -0.25) is 0 Å². The molecule has 0 amide bonds. The molecule has 5 heteroatoms. The van der Waals surface area contributed by atoms with Crippen LogP contribution in [0.15, 0.2) is 10.7 Å². The van der Waals surface area contributed by atoms with Crippen molar-refractivity contribution in [3.8, 4) is 0 Å². The number of aromatic nitrogens is 2. The van der Waals surface area contributed by atoms with E-state index in [4.69, 9.17) is 0 Å². The van der Waals surface area contributed by atoms with Crippen LogP contribution in [0, 0.1) is 0 Å². The van der Waals surface area contributed by atoms with E-state index in [1.807, 2.05) is 17.8 Å². The van der Waals surface area contributed by atoms with Gasteiger partial charge in [-0.15, -0.1) is 0 Å². The normalized spacial score (nSPS) is 15.6. The lowest BCUT2D eigenvalue weighted by Gasteiger charge is -2.30. The van der Waals surface area contributed by atoms with Crippen LogP contribution in [-0.2, 0) is 0 Å². The predicted octanol–water partition coefficient (Wildman–Crippen LogP) is 4.45. The fourth-order valence-corrected chi connectivity index (χ4v) is 3.35. The van der Waals surface area contributed by atoms with Gasteiger partial charge in [-0.2, -0.15) is 11.8 Å². The molecule has 0 aliphatic heterocycles. The van der Waals surface area contributed by atoms with E-state index in [1.165, 1.54) is 25.7 Å². The van der Waals surface area contributed by atoms with Crippen LogP contribution in [0.25, 0.3) is 0 Å². The van der Waals surface area contributed by atoms with E-state index in [9.17, 15) is 0 Å². The van der Waals surface area contributed by atoms with Crippen LogP contribution in [0.1, 0.15) is 51.3 Å². The molecule has 1 aliphatic rings. The summed E-state index contributed by atoms with van der Waals surface area (Å²) in [5.74, 6) is 2.52. The highest BCUT2D eigenvalue weighted by Crippen LogP contribution is 2.39. The molecule has 0 aromatic carbocycles. The van der Waals surface area contributed by atoms with Crippen molar-refractivity contribution in [3.05, 3.63) is 16.5 Å². The van der Waals surface area contributed by atoms with Crippen LogP contribution in [0.3, 0.4) is 0 Å². The summed E-state index contributed by atoms with van der Waals surface area (Å²) in [5, 5.41) is 3.50. The Bertz CT molecular complexity index is 422. The maximum atomic E-state index is 4.64. The molecule has 1 fully saturated rings. The zero-order valence-corrected chi connectivity index (χ0v) is 14.3. The van der Waals surface area contributed by atoms with E-state index in [-0.39, 0.29) is 0 Å². The van der Waals surface area contributed by atoms with Crippen LogP contribution in [-0.4, -0.2) is 27.5 Å². The summed E-state index contributed by atoms with van der Waals surface area (Å²) in [4.78, 5) is 9.10. The lowest BCUT2D eigenvalue weighted by atomic mass is 10.0. The average molecular weight is 344 g/mol. The van der Waals surface area contributed by atoms with Gasteiger partial charge in [-0.05, 0) is 47.9 Å². The van der Waals surface area contributed by atoms with E-state index in [0.717, 1.165) is 22.8 Å². The van der Waals surface area contributed by atoms with Crippen molar-refractivity contribution in [1.82, 2.24) is 9.97 Å². The highest BCUT2D eigenvalue weighted by molar-refractivity contribution is 9.10. The van der Waals surface area contributed by atoms with Gasteiger partial charge >= 0.3 is 0 Å². The third-order valence-corrected chi connectivity index (χ3v) is 5.96. The molecule has 1 heterocycles. The van der Waals surface area contributed by atoms with Crippen molar-refractivity contribution < 1.29 is 0 Å². The molecule has 3 nitrogen and oxygen atoms in total. The van der Waals surface area contributed by atoms with Crippen LogP contribution in [0.5, 0.6) is 0 Å². The molecule has 0 atom stereocenters. The van der Waals surface area contributed by atoms with Gasteiger partial charge in [-0.1, -0.05) is 13.8 Å². The lowest BCUT2D eigenvalue weighted by molar-refractivity contribution is 0.573. The molecular formula is C14H22BrN3S. The number of rotatable bonds is 7. The zero-order valence-electron chi connectivity index (χ0n) is 11.9. The first-order valence-corrected chi connectivity index (χ1v) is 8.97. The highest BCUT2D eigenvalue weighted by atomic mass is 79.9. The van der Waals surface area contributed by atoms with Gasteiger partial charge in [0.1, 0.15) is 16.2 Å². The Morgan fingerprint density at radius 1 is 1.37 bits per heavy atom. The van der Waals surface area contributed by atoms with E-state index in [1.54, 1.807) is 0 Å². The Hall–Kier alpha value is -0.290. The van der Waals surface area contributed by atoms with Crippen molar-refractivity contribution >= 4 is 33.5 Å². The molecule has 1 aliphatic carbocycles. The summed E-state index contributed by atoms with van der Waals surface area (Å²) in [7, 11) is 0. The minimum atomic E-state index is 0.303. The minimum absolute atomic E-state index is 0.303. The fraction of sp³-hybridized carbons (Fsp3) is 0.714. The molecular weight excluding hydrogens is 322 g/mol. The Balaban J connectivity index is 2.06. The summed E-state index contributed by atoms with van der Waals surface area (Å²) in [5.41, 5.74) is 0. The van der Waals surface area contributed by atoms with Crippen LogP contribution in [0.2, 0.25) is 0 Å². The summed E-state index contributed by atoms with van der Waals surface area (Å²) in [6.45, 7) is 5.47. The monoisotopic (exact) mass is 343 g/mol. The summed E-state index contributed by atoms with van der Waals surface area (Å²) >= 11 is 5.43. The van der Waals surface area contributed by atoms with Gasteiger partial charge in [0.25, 0.3) is 0 Å². The Morgan fingerprint density at radius 3 is 2.58 bits per heavy atom. The van der Waals surface area contributed by atoms with E-state index < -0.39 is 0 Å². The van der Waals surface area contributed by atoms with Crippen molar-refractivity contribution in [2.24, 2.45) is 0 Å². The number of nitrogens with one attached hydrogen (secondary N) is 1. The van der Waals surface area contributed by atoms with Crippen LogP contribution < -0.4 is 5.32 Å². The van der Waals surface area contributed by atoms with Crippen molar-refractivity contribution in [2.45, 2.75) is 50.2 Å². The summed E-state index contributed by atoms with van der Waals surface area (Å²) in [6, 6.07) is 1.97. The lowest BCUT2D eigenvalue weighted by Crippen LogP contribution is -2.32. The van der Waals surface area contributed by atoms with Gasteiger partial charge in [-0.25, -0.2) is 9.97 Å². The highest BCUT2D eigenvalue weighted by Gasteiger charge is 2.28. The minimum Gasteiger partial charge on any atom is -0.369 e. The van der Waals surface area contributed by atoms with Crippen molar-refractivity contribution in [1.29, 1.82) is 0 Å². The average Bonchev–Trinajstić information content (AvgIpc) is 3.25. The van der Waals surface area contributed by atoms with E-state index in [2.05, 4.69) is 51.3 Å². The molecule has 19 heavy (non-hydrogen) atoms. The van der Waals surface area contributed by atoms with Gasteiger partial charge < -0.3 is 5.32 Å². The SMILES string of the molecule is CCC(CC)(CNc1cc(Br)nc(C2CC2)n1)SC. The zero-order chi connectivity index (χ0) is 13.9. The van der Waals surface area contributed by atoms with E-state index in [0.29, 0.717) is 10.7 Å². The largest absolute Gasteiger partial charge is 0.369 e. The molecule has 2 rings (SSSR count). The van der Waals surface area contributed by atoms with Crippen LogP contribution in [0.4, 0.5) is 5.82 Å². The first-order chi connectivity index (χ1) is 9.12. The third kappa shape index (κ3) is 3.85. The molecule has 1 aromatic rings. The molecule has 1 aromatic heterocycles. The molecule has 0 unspecified atom stereocenters. The number of halogens is 1. The van der Waals surface area contributed by atoms with Crippen LogP contribution >= 0.6 is 27.7 Å². The first kappa shape index (κ1) is 15.1. The standard InChI is InChI=1S/C14H22BrN3S/c1-4-14(5-2,19-3)9-16-12-8-11(15)17-13(18-12)10-6-7-10/h8,10H,4-7,9H2,1-3H3,(H,16,17,18). The second-order valence-electron chi connectivity index (χ2n) is 5.16. The summed E-state index contributed by atoms with van der Waals surface area (Å²) in [6.07, 6.45) is 6.99. The number of thioether (sulfide) groups is 1. The van der Waals surface area contributed by atoms with Crippen molar-refractivity contribution in [2.75, 3.05) is 18.1 Å². The Kier molecular flexibility index (Phi) is 5.12. The molecule has 0 radical (unpaired) electrons. The molecule has 0 bridgehead atoms. The van der Waals surface area contributed by atoms with E-state index >= 15 is 0 Å². The Labute approximate surface area is 128 Å². The smallest absolute Gasteiger partial charge is 0.135 e. The molecule has 0 spiro atoms. The number of hydrogen-bond acceptors (Lipinski definition) is 4. The molecule has 1 N–H and O–H groups in total. The number of nitrogens with zero attached hydrogens (tertiary/aromatic N) is 2. The van der Waals surface area contributed by atoms with Gasteiger partial charge in [0, 0.05) is 23.3 Å². The molecule has 1 saturated carbocycles. The quantitative estimate of drug-likeness (QED) is 0.742. The second kappa shape index (κ2) is 6.44. The number of hydrogen-bond donors (Lipinski definition) is 1. The van der Waals surface area contributed by atoms with Gasteiger partial charge in [0.05, 0.1) is 0 Å².